The third kappa shape index (κ3) is 11.5. The zero-order chi connectivity index (χ0) is 16.3. The van der Waals surface area contributed by atoms with Crippen LogP contribution >= 0.6 is 0 Å². The Bertz CT molecular complexity index is 279. The van der Waals surface area contributed by atoms with E-state index in [-0.39, 0.29) is 6.09 Å². The van der Waals surface area contributed by atoms with Crippen LogP contribution in [0.15, 0.2) is 0 Å². The number of carbonyl (C=O) groups excluding carboxylic acids is 1. The van der Waals surface area contributed by atoms with Gasteiger partial charge in [0.05, 0.1) is 6.61 Å². The Kier molecular flexibility index (Phi) is 10.4. The number of nitrogens with one attached hydrogen (secondary N) is 1. The Balaban J connectivity index is 4.14. The van der Waals surface area contributed by atoms with Gasteiger partial charge in [-0.25, -0.2) is 4.79 Å². The molecule has 0 spiro atoms. The molecule has 1 atom stereocenters. The fourth-order valence-corrected chi connectivity index (χ4v) is 1.73. The van der Waals surface area contributed by atoms with Gasteiger partial charge in [0, 0.05) is 40.5 Å². The van der Waals surface area contributed by atoms with Crippen molar-refractivity contribution in [2.45, 2.75) is 33.3 Å². The van der Waals surface area contributed by atoms with Gasteiger partial charge in [0.1, 0.15) is 5.60 Å². The fraction of sp³-hybridized carbons (Fsp3) is 0.933. The van der Waals surface area contributed by atoms with Crippen LogP contribution in [-0.2, 0) is 14.2 Å². The summed E-state index contributed by atoms with van der Waals surface area (Å²) in [6.07, 6.45) is -0.300. The molecule has 0 aliphatic carbocycles. The molecule has 0 aromatic rings. The van der Waals surface area contributed by atoms with Crippen molar-refractivity contribution in [3.05, 3.63) is 0 Å². The molecular weight excluding hydrogens is 272 g/mol. The number of nitrogens with zero attached hydrogens (tertiary/aromatic N) is 1. The van der Waals surface area contributed by atoms with Crippen molar-refractivity contribution < 1.29 is 19.0 Å². The monoisotopic (exact) mass is 304 g/mol. The lowest BCUT2D eigenvalue weighted by molar-refractivity contribution is 0.0203. The van der Waals surface area contributed by atoms with Crippen LogP contribution in [-0.4, -0.2) is 70.2 Å². The van der Waals surface area contributed by atoms with Gasteiger partial charge < -0.3 is 24.4 Å². The second kappa shape index (κ2) is 10.8. The Morgan fingerprint density at radius 3 is 2.38 bits per heavy atom. The second-order valence-electron chi connectivity index (χ2n) is 6.22. The van der Waals surface area contributed by atoms with Gasteiger partial charge in [0.2, 0.25) is 0 Å². The van der Waals surface area contributed by atoms with Gasteiger partial charge in [-0.15, -0.1) is 0 Å². The van der Waals surface area contributed by atoms with E-state index in [9.17, 15) is 4.79 Å². The summed E-state index contributed by atoms with van der Waals surface area (Å²) in [5.41, 5.74) is -0.483. The highest BCUT2D eigenvalue weighted by Gasteiger charge is 2.21. The molecule has 126 valence electrons. The van der Waals surface area contributed by atoms with Crippen LogP contribution in [0.2, 0.25) is 0 Å². The zero-order valence-corrected chi connectivity index (χ0v) is 14.4. The standard InChI is InChI=1S/C15H32N2O4/c1-13(12-20-6)11-16-7-8-17(9-10-19-5)14(18)21-15(2,3)4/h13,16H,7-12H2,1-6H3. The Morgan fingerprint density at radius 2 is 1.86 bits per heavy atom. The number of ether oxygens (including phenoxy) is 3. The van der Waals surface area contributed by atoms with Crippen LogP contribution in [0, 0.1) is 5.92 Å². The molecule has 0 aromatic heterocycles. The van der Waals surface area contributed by atoms with Gasteiger partial charge in [0.25, 0.3) is 0 Å². The molecule has 1 unspecified atom stereocenters. The van der Waals surface area contributed by atoms with Crippen molar-refractivity contribution in [2.75, 3.05) is 53.6 Å². The van der Waals surface area contributed by atoms with Crippen LogP contribution in [0.1, 0.15) is 27.7 Å². The predicted octanol–water partition coefficient (Wildman–Crippen LogP) is 1.74. The van der Waals surface area contributed by atoms with E-state index in [0.29, 0.717) is 25.6 Å². The van der Waals surface area contributed by atoms with Crippen molar-refractivity contribution in [1.82, 2.24) is 10.2 Å². The summed E-state index contributed by atoms with van der Waals surface area (Å²) < 4.78 is 15.5. The number of methoxy groups -OCH3 is 2. The third-order valence-electron chi connectivity index (χ3n) is 2.72. The van der Waals surface area contributed by atoms with E-state index >= 15 is 0 Å². The van der Waals surface area contributed by atoms with Crippen LogP contribution < -0.4 is 5.32 Å². The minimum atomic E-state index is -0.483. The highest BCUT2D eigenvalue weighted by atomic mass is 16.6. The van der Waals surface area contributed by atoms with Gasteiger partial charge in [-0.1, -0.05) is 6.92 Å². The largest absolute Gasteiger partial charge is 0.444 e. The number of amides is 1. The molecule has 1 N–H and O–H groups in total. The second-order valence-corrected chi connectivity index (χ2v) is 6.22. The molecule has 0 saturated heterocycles. The summed E-state index contributed by atoms with van der Waals surface area (Å²) in [5.74, 6) is 0.448. The molecule has 1 amide bonds. The van der Waals surface area contributed by atoms with Crippen molar-refractivity contribution in [1.29, 1.82) is 0 Å². The number of hydrogen-bond donors (Lipinski definition) is 1. The van der Waals surface area contributed by atoms with E-state index in [4.69, 9.17) is 14.2 Å². The summed E-state index contributed by atoms with van der Waals surface area (Å²) in [7, 11) is 3.32. The van der Waals surface area contributed by atoms with Gasteiger partial charge in [-0.3, -0.25) is 0 Å². The first-order valence-electron chi connectivity index (χ1n) is 7.46. The molecule has 0 fully saturated rings. The number of carbonyl (C=O) groups is 1. The topological polar surface area (TPSA) is 60.0 Å². The SMILES string of the molecule is COCCN(CCNCC(C)COC)C(=O)OC(C)(C)C. The fourth-order valence-electron chi connectivity index (χ4n) is 1.73. The predicted molar refractivity (Wildman–Crippen MR) is 83.6 cm³/mol. The lowest BCUT2D eigenvalue weighted by atomic mass is 10.2. The summed E-state index contributed by atoms with van der Waals surface area (Å²) in [4.78, 5) is 13.8. The van der Waals surface area contributed by atoms with Crippen LogP contribution in [0.4, 0.5) is 4.79 Å². The van der Waals surface area contributed by atoms with Crippen molar-refractivity contribution in [2.24, 2.45) is 5.92 Å². The maximum atomic E-state index is 12.1. The molecular formula is C15H32N2O4. The maximum Gasteiger partial charge on any atom is 0.410 e. The molecule has 6 heteroatoms. The molecule has 21 heavy (non-hydrogen) atoms. The minimum Gasteiger partial charge on any atom is -0.444 e. The van der Waals surface area contributed by atoms with E-state index < -0.39 is 5.60 Å². The lowest BCUT2D eigenvalue weighted by Gasteiger charge is -2.27. The minimum absolute atomic E-state index is 0.300. The molecule has 0 saturated carbocycles. The summed E-state index contributed by atoms with van der Waals surface area (Å²) in [6.45, 7) is 11.6. The van der Waals surface area contributed by atoms with Crippen molar-refractivity contribution >= 4 is 6.09 Å². The van der Waals surface area contributed by atoms with Crippen molar-refractivity contribution in [3.8, 4) is 0 Å². The van der Waals surface area contributed by atoms with E-state index in [1.807, 2.05) is 20.8 Å². The number of rotatable bonds is 10. The van der Waals surface area contributed by atoms with Gasteiger partial charge in [-0.2, -0.15) is 0 Å². The molecule has 0 heterocycles. The molecule has 0 bridgehead atoms. The Morgan fingerprint density at radius 1 is 1.19 bits per heavy atom. The highest BCUT2D eigenvalue weighted by Crippen LogP contribution is 2.09. The molecule has 0 aromatic carbocycles. The van der Waals surface area contributed by atoms with E-state index in [0.717, 1.165) is 19.7 Å². The molecule has 0 aliphatic heterocycles. The molecule has 0 rings (SSSR count). The molecule has 0 aliphatic rings. The Labute approximate surface area is 129 Å². The lowest BCUT2D eigenvalue weighted by Crippen LogP contribution is -2.42. The van der Waals surface area contributed by atoms with Crippen LogP contribution in [0.5, 0.6) is 0 Å². The van der Waals surface area contributed by atoms with E-state index in [2.05, 4.69) is 12.2 Å². The highest BCUT2D eigenvalue weighted by molar-refractivity contribution is 5.68. The normalized spacial score (nSPS) is 13.0. The van der Waals surface area contributed by atoms with E-state index in [1.54, 1.807) is 19.1 Å². The summed E-state index contributed by atoms with van der Waals surface area (Å²) in [5, 5.41) is 3.32. The van der Waals surface area contributed by atoms with Gasteiger partial charge >= 0.3 is 6.09 Å². The average molecular weight is 304 g/mol. The average Bonchev–Trinajstić information content (AvgIpc) is 2.36. The third-order valence-corrected chi connectivity index (χ3v) is 2.72. The first-order chi connectivity index (χ1) is 9.80. The first kappa shape index (κ1) is 20.1. The first-order valence-corrected chi connectivity index (χ1v) is 7.46. The maximum absolute atomic E-state index is 12.1. The van der Waals surface area contributed by atoms with Gasteiger partial charge in [0.15, 0.2) is 0 Å². The molecule has 6 nitrogen and oxygen atoms in total. The summed E-state index contributed by atoms with van der Waals surface area (Å²) >= 11 is 0. The van der Waals surface area contributed by atoms with Crippen molar-refractivity contribution in [3.63, 3.8) is 0 Å². The van der Waals surface area contributed by atoms with E-state index in [1.165, 1.54) is 0 Å². The van der Waals surface area contributed by atoms with Crippen LogP contribution in [0.3, 0.4) is 0 Å². The van der Waals surface area contributed by atoms with Gasteiger partial charge in [-0.05, 0) is 33.2 Å². The smallest absolute Gasteiger partial charge is 0.410 e. The Hall–Kier alpha value is -0.850. The molecule has 0 radical (unpaired) electrons. The number of hydrogen-bond acceptors (Lipinski definition) is 5. The quantitative estimate of drug-likeness (QED) is 0.623. The summed E-state index contributed by atoms with van der Waals surface area (Å²) in [6, 6.07) is 0. The zero-order valence-electron chi connectivity index (χ0n) is 14.4. The van der Waals surface area contributed by atoms with Crippen LogP contribution in [0.25, 0.3) is 0 Å².